The predicted molar refractivity (Wildman–Crippen MR) is 116 cm³/mol. The van der Waals surface area contributed by atoms with Crippen LogP contribution in [0.4, 0.5) is 5.69 Å². The molecular weight excluding hydrogens is 394 g/mol. The van der Waals surface area contributed by atoms with Crippen molar-refractivity contribution in [1.29, 1.82) is 0 Å². The highest BCUT2D eigenvalue weighted by Gasteiger charge is 2.19. The number of ether oxygens (including phenoxy) is 1. The van der Waals surface area contributed by atoms with Gasteiger partial charge in [-0.3, -0.25) is 9.48 Å². The molecule has 3 heterocycles. The van der Waals surface area contributed by atoms with Crippen LogP contribution in [0.2, 0.25) is 0 Å². The number of rotatable bonds is 7. The van der Waals surface area contributed by atoms with Gasteiger partial charge in [-0.1, -0.05) is 23.8 Å². The summed E-state index contributed by atoms with van der Waals surface area (Å²) in [5.74, 6) is 0.663. The summed E-state index contributed by atoms with van der Waals surface area (Å²) in [6.45, 7) is 6.84. The minimum absolute atomic E-state index is 0.225. The van der Waals surface area contributed by atoms with E-state index in [1.807, 2.05) is 57.2 Å². The number of aromatic nitrogens is 4. The quantitative estimate of drug-likeness (QED) is 0.484. The Morgan fingerprint density at radius 1 is 1.16 bits per heavy atom. The summed E-state index contributed by atoms with van der Waals surface area (Å²) in [5, 5.41) is 7.08. The lowest BCUT2D eigenvalue weighted by Gasteiger charge is -2.07. The molecule has 1 N–H and O–H groups in total. The molecule has 1 aromatic carbocycles. The van der Waals surface area contributed by atoms with E-state index in [1.165, 1.54) is 6.39 Å². The molecule has 158 valence electrons. The van der Waals surface area contributed by atoms with E-state index in [0.29, 0.717) is 30.5 Å². The van der Waals surface area contributed by atoms with Crippen LogP contribution in [0.25, 0.3) is 11.3 Å². The van der Waals surface area contributed by atoms with Crippen LogP contribution in [-0.2, 0) is 6.54 Å². The molecule has 0 aliphatic rings. The van der Waals surface area contributed by atoms with Crippen molar-refractivity contribution in [2.45, 2.75) is 27.3 Å². The van der Waals surface area contributed by atoms with Crippen molar-refractivity contribution in [2.24, 2.45) is 0 Å². The van der Waals surface area contributed by atoms with E-state index in [-0.39, 0.29) is 11.6 Å². The Morgan fingerprint density at radius 2 is 2.03 bits per heavy atom. The van der Waals surface area contributed by atoms with Gasteiger partial charge in [-0.15, -0.1) is 0 Å². The third-order valence-corrected chi connectivity index (χ3v) is 4.60. The number of hydrogen-bond donors (Lipinski definition) is 1. The molecule has 4 rings (SSSR count). The first-order valence-corrected chi connectivity index (χ1v) is 9.90. The van der Waals surface area contributed by atoms with Gasteiger partial charge in [-0.05, 0) is 38.5 Å². The molecule has 0 atom stereocenters. The van der Waals surface area contributed by atoms with Crippen LogP contribution in [0.3, 0.4) is 0 Å². The van der Waals surface area contributed by atoms with Crippen LogP contribution in [-0.4, -0.2) is 32.3 Å². The molecule has 0 bridgehead atoms. The Bertz CT molecular complexity index is 1190. The average Bonchev–Trinajstić information content (AvgIpc) is 3.37. The number of aryl methyl sites for hydroxylation is 3. The van der Waals surface area contributed by atoms with E-state index in [9.17, 15) is 4.79 Å². The predicted octanol–water partition coefficient (Wildman–Crippen LogP) is 4.19. The smallest absolute Gasteiger partial charge is 0.278 e. The van der Waals surface area contributed by atoms with Crippen LogP contribution < -0.4 is 10.1 Å². The Kier molecular flexibility index (Phi) is 5.79. The number of benzene rings is 1. The average molecular weight is 417 g/mol. The molecule has 0 saturated carbocycles. The highest BCUT2D eigenvalue weighted by Crippen LogP contribution is 2.24. The van der Waals surface area contributed by atoms with Gasteiger partial charge in [0.25, 0.3) is 5.91 Å². The maximum Gasteiger partial charge on any atom is 0.278 e. The fourth-order valence-electron chi connectivity index (χ4n) is 3.26. The van der Waals surface area contributed by atoms with E-state index < -0.39 is 0 Å². The zero-order valence-electron chi connectivity index (χ0n) is 17.6. The summed E-state index contributed by atoms with van der Waals surface area (Å²) in [7, 11) is 0. The minimum Gasteiger partial charge on any atom is -0.476 e. The molecule has 1 amide bonds. The number of carbonyl (C=O) groups is 1. The first-order valence-electron chi connectivity index (χ1n) is 9.90. The minimum atomic E-state index is -0.361. The largest absolute Gasteiger partial charge is 0.476 e. The lowest BCUT2D eigenvalue weighted by Crippen LogP contribution is -2.13. The number of carbonyl (C=O) groups excluding carboxylic acids is 1. The highest BCUT2D eigenvalue weighted by molar-refractivity contribution is 6.06. The second kappa shape index (κ2) is 8.83. The molecular formula is C23H23N5O3. The maximum absolute atomic E-state index is 12.7. The molecule has 8 nitrogen and oxygen atoms in total. The molecule has 4 aromatic rings. The van der Waals surface area contributed by atoms with Crippen molar-refractivity contribution in [1.82, 2.24) is 19.7 Å². The Hall–Kier alpha value is -3.94. The van der Waals surface area contributed by atoms with Gasteiger partial charge >= 0.3 is 0 Å². The molecule has 0 aliphatic carbocycles. The van der Waals surface area contributed by atoms with Gasteiger partial charge < -0.3 is 14.5 Å². The fraction of sp³-hybridized carbons (Fsp3) is 0.217. The van der Waals surface area contributed by atoms with E-state index in [1.54, 1.807) is 17.1 Å². The van der Waals surface area contributed by atoms with Gasteiger partial charge in [0.05, 0.1) is 18.4 Å². The van der Waals surface area contributed by atoms with Gasteiger partial charge in [0, 0.05) is 23.5 Å². The molecule has 31 heavy (non-hydrogen) atoms. The summed E-state index contributed by atoms with van der Waals surface area (Å²) < 4.78 is 12.9. The van der Waals surface area contributed by atoms with Crippen molar-refractivity contribution in [2.75, 3.05) is 11.9 Å². The standard InChI is InChI=1S/C23H23N5O3/c1-15-5-4-6-18(10-15)22-21(24-14-31-22)23(29)27-19-12-25-28(13-19)7-8-30-20-11-16(2)9-17(3)26-20/h4-6,9-14H,7-8H2,1-3H3,(H,27,29). The number of anilines is 1. The van der Waals surface area contributed by atoms with Crippen LogP contribution in [0.15, 0.2) is 59.6 Å². The summed E-state index contributed by atoms with van der Waals surface area (Å²) in [4.78, 5) is 21.2. The normalized spacial score (nSPS) is 10.8. The zero-order valence-corrected chi connectivity index (χ0v) is 17.6. The molecule has 0 aliphatic heterocycles. The van der Waals surface area contributed by atoms with Crippen LogP contribution in [0.1, 0.15) is 27.3 Å². The molecule has 3 aromatic heterocycles. The van der Waals surface area contributed by atoms with E-state index in [0.717, 1.165) is 22.4 Å². The number of nitrogens with zero attached hydrogens (tertiary/aromatic N) is 4. The van der Waals surface area contributed by atoms with Crippen LogP contribution >= 0.6 is 0 Å². The van der Waals surface area contributed by atoms with Crippen LogP contribution in [0, 0.1) is 20.8 Å². The summed E-state index contributed by atoms with van der Waals surface area (Å²) >= 11 is 0. The molecule has 0 spiro atoms. The maximum atomic E-state index is 12.7. The van der Waals surface area contributed by atoms with Gasteiger partial charge in [0.2, 0.25) is 5.88 Å². The van der Waals surface area contributed by atoms with Crippen molar-refractivity contribution in [3.8, 4) is 17.2 Å². The molecule has 0 saturated heterocycles. The lowest BCUT2D eigenvalue weighted by molar-refractivity contribution is 0.102. The topological polar surface area (TPSA) is 95.1 Å². The van der Waals surface area contributed by atoms with Crippen molar-refractivity contribution in [3.05, 3.63) is 77.7 Å². The van der Waals surface area contributed by atoms with Crippen molar-refractivity contribution >= 4 is 11.6 Å². The van der Waals surface area contributed by atoms with E-state index >= 15 is 0 Å². The second-order valence-corrected chi connectivity index (χ2v) is 7.32. The lowest BCUT2D eigenvalue weighted by atomic mass is 10.1. The zero-order chi connectivity index (χ0) is 21.8. The molecule has 8 heteroatoms. The number of nitrogens with one attached hydrogen (secondary N) is 1. The summed E-state index contributed by atoms with van der Waals surface area (Å²) in [5.41, 5.74) is 4.67. The highest BCUT2D eigenvalue weighted by atomic mass is 16.5. The van der Waals surface area contributed by atoms with Crippen molar-refractivity contribution in [3.63, 3.8) is 0 Å². The second-order valence-electron chi connectivity index (χ2n) is 7.32. The SMILES string of the molecule is Cc1cccc(-c2ocnc2C(=O)Nc2cnn(CCOc3cc(C)cc(C)n3)c2)c1. The van der Waals surface area contributed by atoms with Crippen molar-refractivity contribution < 1.29 is 13.9 Å². The molecule has 0 fully saturated rings. The number of amides is 1. The van der Waals surface area contributed by atoms with Gasteiger partial charge in [0.1, 0.15) is 6.61 Å². The third-order valence-electron chi connectivity index (χ3n) is 4.60. The molecule has 0 unspecified atom stereocenters. The first-order chi connectivity index (χ1) is 15.0. The van der Waals surface area contributed by atoms with Gasteiger partial charge in [-0.25, -0.2) is 9.97 Å². The van der Waals surface area contributed by atoms with Crippen LogP contribution in [0.5, 0.6) is 5.88 Å². The first kappa shape index (κ1) is 20.3. The Morgan fingerprint density at radius 3 is 2.84 bits per heavy atom. The van der Waals surface area contributed by atoms with Gasteiger partial charge in [-0.2, -0.15) is 5.10 Å². The monoisotopic (exact) mass is 417 g/mol. The third kappa shape index (κ3) is 4.98. The van der Waals surface area contributed by atoms with E-state index in [4.69, 9.17) is 9.15 Å². The summed E-state index contributed by atoms with van der Waals surface area (Å²) in [6.07, 6.45) is 4.59. The Balaban J connectivity index is 1.37. The number of oxazole rings is 1. The molecule has 0 radical (unpaired) electrons. The van der Waals surface area contributed by atoms with Gasteiger partial charge in [0.15, 0.2) is 17.8 Å². The Labute approximate surface area is 179 Å². The number of hydrogen-bond acceptors (Lipinski definition) is 6. The number of pyridine rings is 1. The fourth-order valence-corrected chi connectivity index (χ4v) is 3.26. The summed E-state index contributed by atoms with van der Waals surface area (Å²) in [6, 6.07) is 11.6. The van der Waals surface area contributed by atoms with E-state index in [2.05, 4.69) is 20.4 Å².